The predicted octanol–water partition coefficient (Wildman–Crippen LogP) is 3.50. The minimum atomic E-state index is 0. The molecule has 1 saturated heterocycles. The molecule has 1 aromatic rings. The molecule has 4 nitrogen and oxygen atoms in total. The zero-order chi connectivity index (χ0) is 13.9. The molecule has 0 N–H and O–H groups in total. The Kier molecular flexibility index (Phi) is 5.23. The first kappa shape index (κ1) is 15.8. The summed E-state index contributed by atoms with van der Waals surface area (Å²) in [4.78, 5) is 15.1. The van der Waals surface area contributed by atoms with Gasteiger partial charge >= 0.3 is 0 Å². The maximum atomic E-state index is 12.8. The fraction of sp³-hybridized carbons (Fsp3) is 0.588. The zero-order valence-corrected chi connectivity index (χ0v) is 11.9. The second kappa shape index (κ2) is 6.94. The van der Waals surface area contributed by atoms with Crippen molar-refractivity contribution in [3.63, 3.8) is 0 Å². The van der Waals surface area contributed by atoms with Crippen molar-refractivity contribution in [3.8, 4) is 11.5 Å². The number of carbonyl (C=O) groups excluding carboxylic acids is 1. The molecule has 1 fully saturated rings. The zero-order valence-electron chi connectivity index (χ0n) is 11.9. The standard InChI is InChI=1S/C16H21NO3.CH4/c1-2-5-13(17-8-3-4-9-17)16(18)12-6-7-14-15(10-12)20-11-19-14;/h6-7,10,13H,2-5,8-9,11H2,1H3;1H4. The fourth-order valence-electron chi connectivity index (χ4n) is 3.05. The largest absolute Gasteiger partial charge is 0.454 e. The molecule has 0 saturated carbocycles. The third kappa shape index (κ3) is 3.21. The van der Waals surface area contributed by atoms with E-state index in [1.807, 2.05) is 18.2 Å². The van der Waals surface area contributed by atoms with Crippen LogP contribution in [0.1, 0.15) is 50.4 Å². The first-order valence-electron chi connectivity index (χ1n) is 7.47. The van der Waals surface area contributed by atoms with Crippen LogP contribution in [0.3, 0.4) is 0 Å². The minimum Gasteiger partial charge on any atom is -0.454 e. The van der Waals surface area contributed by atoms with Crippen LogP contribution >= 0.6 is 0 Å². The lowest BCUT2D eigenvalue weighted by Gasteiger charge is -2.26. The summed E-state index contributed by atoms with van der Waals surface area (Å²) in [5.41, 5.74) is 0.736. The number of rotatable bonds is 5. The van der Waals surface area contributed by atoms with Gasteiger partial charge in [0.05, 0.1) is 6.04 Å². The lowest BCUT2D eigenvalue weighted by Crippen LogP contribution is -2.39. The summed E-state index contributed by atoms with van der Waals surface area (Å²) < 4.78 is 10.7. The van der Waals surface area contributed by atoms with Crippen molar-refractivity contribution in [2.75, 3.05) is 19.9 Å². The SMILES string of the molecule is C.CCCC(C(=O)c1ccc2c(c1)OCO2)N1CCCC1. The number of hydrogen-bond donors (Lipinski definition) is 0. The molecule has 0 aromatic heterocycles. The number of nitrogens with zero attached hydrogens (tertiary/aromatic N) is 1. The van der Waals surface area contributed by atoms with Gasteiger partial charge in [-0.3, -0.25) is 9.69 Å². The molecule has 1 aromatic carbocycles. The van der Waals surface area contributed by atoms with Gasteiger partial charge in [0.25, 0.3) is 0 Å². The van der Waals surface area contributed by atoms with E-state index < -0.39 is 0 Å². The first-order valence-corrected chi connectivity index (χ1v) is 7.47. The molecule has 1 unspecified atom stereocenters. The molecule has 0 bridgehead atoms. The molecule has 3 rings (SSSR count). The molecular formula is C17H25NO3. The number of benzene rings is 1. The molecule has 4 heteroatoms. The van der Waals surface area contributed by atoms with Crippen LogP contribution in [0, 0.1) is 0 Å². The van der Waals surface area contributed by atoms with Crippen LogP contribution in [0.4, 0.5) is 0 Å². The van der Waals surface area contributed by atoms with Crippen molar-refractivity contribution < 1.29 is 14.3 Å². The molecule has 21 heavy (non-hydrogen) atoms. The number of hydrogen-bond acceptors (Lipinski definition) is 4. The molecule has 0 aliphatic carbocycles. The van der Waals surface area contributed by atoms with Crippen LogP contribution in [0.15, 0.2) is 18.2 Å². The number of fused-ring (bicyclic) bond motifs is 1. The highest BCUT2D eigenvalue weighted by atomic mass is 16.7. The third-order valence-corrected chi connectivity index (χ3v) is 4.10. The van der Waals surface area contributed by atoms with Crippen molar-refractivity contribution in [2.24, 2.45) is 0 Å². The van der Waals surface area contributed by atoms with Gasteiger partial charge in [0.2, 0.25) is 6.79 Å². The van der Waals surface area contributed by atoms with Gasteiger partial charge in [-0.25, -0.2) is 0 Å². The van der Waals surface area contributed by atoms with Crippen molar-refractivity contribution >= 4 is 5.78 Å². The second-order valence-electron chi connectivity index (χ2n) is 5.48. The summed E-state index contributed by atoms with van der Waals surface area (Å²) in [6.07, 6.45) is 4.36. The molecular weight excluding hydrogens is 266 g/mol. The summed E-state index contributed by atoms with van der Waals surface area (Å²) in [6.45, 7) is 4.47. The van der Waals surface area contributed by atoms with E-state index in [9.17, 15) is 4.79 Å². The van der Waals surface area contributed by atoms with Gasteiger partial charge in [0.15, 0.2) is 17.3 Å². The maximum Gasteiger partial charge on any atom is 0.231 e. The van der Waals surface area contributed by atoms with Crippen molar-refractivity contribution in [2.45, 2.75) is 46.1 Å². The van der Waals surface area contributed by atoms with E-state index in [1.54, 1.807) is 0 Å². The lowest BCUT2D eigenvalue weighted by molar-refractivity contribution is 0.0836. The highest BCUT2D eigenvalue weighted by Crippen LogP contribution is 2.33. The van der Waals surface area contributed by atoms with Crippen molar-refractivity contribution in [1.82, 2.24) is 4.90 Å². The molecule has 0 radical (unpaired) electrons. The van der Waals surface area contributed by atoms with Crippen LogP contribution in [-0.4, -0.2) is 36.6 Å². The van der Waals surface area contributed by atoms with Crippen molar-refractivity contribution in [1.29, 1.82) is 0 Å². The summed E-state index contributed by atoms with van der Waals surface area (Å²) in [5, 5.41) is 0. The molecule has 0 amide bonds. The van der Waals surface area contributed by atoms with Gasteiger partial charge in [-0.2, -0.15) is 0 Å². The third-order valence-electron chi connectivity index (χ3n) is 4.10. The lowest BCUT2D eigenvalue weighted by atomic mass is 9.99. The average molecular weight is 291 g/mol. The van der Waals surface area contributed by atoms with Crippen LogP contribution < -0.4 is 9.47 Å². The number of ketones is 1. The molecule has 2 aliphatic heterocycles. The topological polar surface area (TPSA) is 38.8 Å². The quantitative estimate of drug-likeness (QED) is 0.778. The van der Waals surface area contributed by atoms with Crippen LogP contribution in [0.5, 0.6) is 11.5 Å². The van der Waals surface area contributed by atoms with E-state index in [1.165, 1.54) is 12.8 Å². The van der Waals surface area contributed by atoms with Crippen LogP contribution in [0.25, 0.3) is 0 Å². The van der Waals surface area contributed by atoms with E-state index >= 15 is 0 Å². The van der Waals surface area contributed by atoms with E-state index in [0.717, 1.165) is 37.2 Å². The van der Waals surface area contributed by atoms with E-state index in [4.69, 9.17) is 9.47 Å². The molecule has 2 aliphatic rings. The Morgan fingerprint density at radius 1 is 1.24 bits per heavy atom. The summed E-state index contributed by atoms with van der Waals surface area (Å²) in [5.74, 6) is 1.63. The van der Waals surface area contributed by atoms with Gasteiger partial charge in [0, 0.05) is 5.56 Å². The second-order valence-corrected chi connectivity index (χ2v) is 5.48. The minimum absolute atomic E-state index is 0. The van der Waals surface area contributed by atoms with Crippen molar-refractivity contribution in [3.05, 3.63) is 23.8 Å². The molecule has 2 heterocycles. The van der Waals surface area contributed by atoms with Gasteiger partial charge in [0.1, 0.15) is 0 Å². The normalized spacial score (nSPS) is 18.3. The Morgan fingerprint density at radius 3 is 2.67 bits per heavy atom. The van der Waals surface area contributed by atoms with E-state index in [-0.39, 0.29) is 26.0 Å². The molecule has 116 valence electrons. The number of Topliss-reactive ketones (excluding diaryl/α,β-unsaturated/α-hetero) is 1. The van der Waals surface area contributed by atoms with Gasteiger partial charge in [-0.15, -0.1) is 0 Å². The Morgan fingerprint density at radius 2 is 1.95 bits per heavy atom. The Labute approximate surface area is 127 Å². The van der Waals surface area contributed by atoms with Gasteiger partial charge < -0.3 is 9.47 Å². The molecule has 1 atom stereocenters. The monoisotopic (exact) mass is 291 g/mol. The number of likely N-dealkylation sites (tertiary alicyclic amines) is 1. The smallest absolute Gasteiger partial charge is 0.231 e. The molecule has 0 spiro atoms. The highest BCUT2D eigenvalue weighted by Gasteiger charge is 2.29. The first-order chi connectivity index (χ1) is 9.79. The van der Waals surface area contributed by atoms with Gasteiger partial charge in [-0.1, -0.05) is 20.8 Å². The summed E-state index contributed by atoms with van der Waals surface area (Å²) in [6, 6.07) is 5.53. The predicted molar refractivity (Wildman–Crippen MR) is 83.1 cm³/mol. The number of ether oxygens (including phenoxy) is 2. The van der Waals surface area contributed by atoms with Gasteiger partial charge in [-0.05, 0) is 50.6 Å². The Bertz CT molecular complexity index is 495. The van der Waals surface area contributed by atoms with E-state index in [0.29, 0.717) is 5.75 Å². The fourth-order valence-corrected chi connectivity index (χ4v) is 3.05. The van der Waals surface area contributed by atoms with Crippen LogP contribution in [0.2, 0.25) is 0 Å². The average Bonchev–Trinajstić information content (AvgIpc) is 3.13. The van der Waals surface area contributed by atoms with Crippen LogP contribution in [-0.2, 0) is 0 Å². The van der Waals surface area contributed by atoms with E-state index in [2.05, 4.69) is 11.8 Å². The Hall–Kier alpha value is -1.55. The number of carbonyl (C=O) groups is 1. The maximum absolute atomic E-state index is 12.8. The summed E-state index contributed by atoms with van der Waals surface area (Å²) in [7, 11) is 0. The summed E-state index contributed by atoms with van der Waals surface area (Å²) >= 11 is 0. The highest BCUT2D eigenvalue weighted by molar-refractivity contribution is 6.00. The Balaban J connectivity index is 0.00000161.